The molecule has 1 atom stereocenters. The summed E-state index contributed by atoms with van der Waals surface area (Å²) in [5.74, 6) is 0.394. The van der Waals surface area contributed by atoms with E-state index in [0.29, 0.717) is 18.5 Å². The average molecular weight is 444 g/mol. The number of hydrogen-bond acceptors (Lipinski definition) is 4. The Morgan fingerprint density at radius 1 is 1.13 bits per heavy atom. The van der Waals surface area contributed by atoms with Crippen molar-refractivity contribution in [3.05, 3.63) is 36.3 Å². The van der Waals surface area contributed by atoms with Gasteiger partial charge < -0.3 is 9.88 Å². The number of carbonyl (C=O) groups excluding carboxylic acids is 1. The van der Waals surface area contributed by atoms with Crippen LogP contribution in [0.2, 0.25) is 0 Å². The molecule has 1 aliphatic heterocycles. The fourth-order valence-corrected chi connectivity index (χ4v) is 7.47. The van der Waals surface area contributed by atoms with Crippen LogP contribution in [0.15, 0.2) is 30.5 Å². The van der Waals surface area contributed by atoms with E-state index in [1.54, 1.807) is 0 Å². The largest absolute Gasteiger partial charge is 0.334 e. The number of imidazole rings is 1. The normalized spacial score (nSPS) is 18.5. The smallest absolute Gasteiger partial charge is 0.242 e. The van der Waals surface area contributed by atoms with Crippen LogP contribution in [0.4, 0.5) is 5.69 Å². The summed E-state index contributed by atoms with van der Waals surface area (Å²) < 4.78 is 28.8. The molecular weight excluding hydrogens is 410 g/mol. The maximum absolute atomic E-state index is 13.3. The fourth-order valence-electron chi connectivity index (χ4n) is 4.95. The number of fused-ring (bicyclic) bond motifs is 1. The van der Waals surface area contributed by atoms with Gasteiger partial charge in [-0.15, -0.1) is 0 Å². The Morgan fingerprint density at radius 3 is 2.61 bits per heavy atom. The van der Waals surface area contributed by atoms with Crippen LogP contribution in [0.1, 0.15) is 64.6 Å². The first-order valence-electron chi connectivity index (χ1n) is 11.6. The molecule has 168 valence electrons. The molecule has 1 N–H and O–H groups in total. The summed E-state index contributed by atoms with van der Waals surface area (Å²) in [6, 6.07) is 7.55. The van der Waals surface area contributed by atoms with Gasteiger partial charge in [-0.05, 0) is 43.7 Å². The molecule has 0 saturated heterocycles. The van der Waals surface area contributed by atoms with Gasteiger partial charge in [0.1, 0.15) is 11.1 Å². The van der Waals surface area contributed by atoms with Crippen LogP contribution >= 0.6 is 0 Å². The third kappa shape index (κ3) is 4.71. The second-order valence-electron chi connectivity index (χ2n) is 9.28. The molecule has 0 spiro atoms. The summed E-state index contributed by atoms with van der Waals surface area (Å²) in [5.41, 5.74) is 2.43. The average Bonchev–Trinajstić information content (AvgIpc) is 3.18. The summed E-state index contributed by atoms with van der Waals surface area (Å²) in [4.78, 5) is 17.9. The molecule has 1 aliphatic carbocycles. The lowest BCUT2D eigenvalue weighted by Gasteiger charge is -2.28. The van der Waals surface area contributed by atoms with Crippen molar-refractivity contribution in [2.45, 2.75) is 82.3 Å². The zero-order valence-electron chi connectivity index (χ0n) is 18.5. The first kappa shape index (κ1) is 22.1. The van der Waals surface area contributed by atoms with Crippen LogP contribution in [0, 0.1) is 5.92 Å². The molecular formula is C24H33N3O3S. The second-order valence-corrected chi connectivity index (χ2v) is 11.6. The molecule has 1 unspecified atom stereocenters. The van der Waals surface area contributed by atoms with Gasteiger partial charge in [-0.1, -0.05) is 45.2 Å². The molecule has 2 aromatic rings. The number of nitrogens with zero attached hydrogens (tertiary/aromatic N) is 2. The molecule has 4 rings (SSSR count). The van der Waals surface area contributed by atoms with Crippen molar-refractivity contribution in [3.63, 3.8) is 0 Å². The van der Waals surface area contributed by atoms with E-state index in [9.17, 15) is 13.2 Å². The number of nitrogens with one attached hydrogen (secondary N) is 1. The van der Waals surface area contributed by atoms with Gasteiger partial charge in [-0.2, -0.15) is 0 Å². The number of aromatic nitrogens is 2. The molecule has 31 heavy (non-hydrogen) atoms. The van der Waals surface area contributed by atoms with Gasteiger partial charge in [-0.25, -0.2) is 13.4 Å². The third-order valence-electron chi connectivity index (χ3n) is 6.57. The van der Waals surface area contributed by atoms with Crippen LogP contribution in [0.25, 0.3) is 11.3 Å². The first-order valence-corrected chi connectivity index (χ1v) is 13.2. The topological polar surface area (TPSA) is 81.1 Å². The number of benzene rings is 1. The lowest BCUT2D eigenvalue weighted by atomic mass is 10.0. The molecule has 1 aromatic carbocycles. The van der Waals surface area contributed by atoms with E-state index in [4.69, 9.17) is 4.98 Å². The third-order valence-corrected chi connectivity index (χ3v) is 9.44. The summed E-state index contributed by atoms with van der Waals surface area (Å²) in [6.07, 6.45) is 9.66. The van der Waals surface area contributed by atoms with Crippen molar-refractivity contribution in [2.75, 3.05) is 5.32 Å². The minimum Gasteiger partial charge on any atom is -0.334 e. The van der Waals surface area contributed by atoms with Crippen molar-refractivity contribution in [3.8, 4) is 11.3 Å². The van der Waals surface area contributed by atoms with Crippen molar-refractivity contribution in [1.82, 2.24) is 9.55 Å². The lowest BCUT2D eigenvalue weighted by molar-refractivity contribution is -0.116. The highest BCUT2D eigenvalue weighted by molar-refractivity contribution is 7.93. The number of aryl methyl sites for hydroxylation is 2. The second kappa shape index (κ2) is 9.15. The monoisotopic (exact) mass is 443 g/mol. The molecule has 1 fully saturated rings. The number of rotatable bonds is 6. The van der Waals surface area contributed by atoms with E-state index in [1.807, 2.05) is 38.1 Å². The molecule has 2 aliphatic rings. The first-order chi connectivity index (χ1) is 14.9. The van der Waals surface area contributed by atoms with Crippen molar-refractivity contribution >= 4 is 21.4 Å². The van der Waals surface area contributed by atoms with Gasteiger partial charge in [-0.3, -0.25) is 4.79 Å². The Labute approximate surface area is 185 Å². The molecule has 0 bridgehead atoms. The van der Waals surface area contributed by atoms with Crippen molar-refractivity contribution < 1.29 is 13.2 Å². The van der Waals surface area contributed by atoms with Crippen LogP contribution in [0.5, 0.6) is 0 Å². The van der Waals surface area contributed by atoms with Crippen molar-refractivity contribution in [2.24, 2.45) is 5.92 Å². The summed E-state index contributed by atoms with van der Waals surface area (Å²) in [7, 11) is -3.53. The van der Waals surface area contributed by atoms with Gasteiger partial charge in [0.25, 0.3) is 0 Å². The highest BCUT2D eigenvalue weighted by Gasteiger charge is 2.41. The quantitative estimate of drug-likeness (QED) is 0.708. The fraction of sp³-hybridized carbons (Fsp3) is 0.583. The van der Waals surface area contributed by atoms with Crippen LogP contribution in [-0.4, -0.2) is 34.4 Å². The van der Waals surface area contributed by atoms with Gasteiger partial charge in [0.05, 0.1) is 10.9 Å². The molecule has 7 heteroatoms. The molecule has 1 aromatic heterocycles. The Bertz CT molecular complexity index is 1010. The number of amides is 1. The Hall–Kier alpha value is -2.15. The standard InChI is InChI=1S/C24H33N3O3S/c1-17(2)23(31(29,30)20-11-4-3-5-12-20)24(28)25-19-10-8-9-18(15-19)21-16-27-14-7-6-13-22(27)26-21/h8-10,15-17,20,23H,3-7,11-14H2,1-2H3,(H,25,28). The molecule has 1 saturated carbocycles. The lowest BCUT2D eigenvalue weighted by Crippen LogP contribution is -2.44. The number of sulfone groups is 1. The van der Waals surface area contributed by atoms with E-state index in [-0.39, 0.29) is 5.92 Å². The van der Waals surface area contributed by atoms with Gasteiger partial charge in [0, 0.05) is 30.4 Å². The van der Waals surface area contributed by atoms with Crippen LogP contribution in [-0.2, 0) is 27.6 Å². The van der Waals surface area contributed by atoms with Crippen molar-refractivity contribution in [1.29, 1.82) is 0 Å². The molecule has 1 amide bonds. The number of anilines is 1. The minimum atomic E-state index is -3.53. The minimum absolute atomic E-state index is 0.282. The van der Waals surface area contributed by atoms with E-state index in [0.717, 1.165) is 49.3 Å². The van der Waals surface area contributed by atoms with E-state index in [1.165, 1.54) is 12.8 Å². The van der Waals surface area contributed by atoms with Gasteiger partial charge in [0.15, 0.2) is 9.84 Å². The summed E-state index contributed by atoms with van der Waals surface area (Å²) >= 11 is 0. The van der Waals surface area contributed by atoms with E-state index < -0.39 is 26.2 Å². The maximum Gasteiger partial charge on any atom is 0.242 e. The highest BCUT2D eigenvalue weighted by Crippen LogP contribution is 2.30. The van der Waals surface area contributed by atoms with Crippen LogP contribution in [0.3, 0.4) is 0 Å². The maximum atomic E-state index is 13.3. The predicted molar refractivity (Wildman–Crippen MR) is 124 cm³/mol. The predicted octanol–water partition coefficient (Wildman–Crippen LogP) is 4.60. The molecule has 6 nitrogen and oxygen atoms in total. The zero-order valence-corrected chi connectivity index (χ0v) is 19.3. The van der Waals surface area contributed by atoms with E-state index in [2.05, 4.69) is 16.1 Å². The van der Waals surface area contributed by atoms with E-state index >= 15 is 0 Å². The highest BCUT2D eigenvalue weighted by atomic mass is 32.2. The van der Waals surface area contributed by atoms with Gasteiger partial charge >= 0.3 is 0 Å². The number of hydrogen-bond donors (Lipinski definition) is 1. The Morgan fingerprint density at radius 2 is 1.90 bits per heavy atom. The van der Waals surface area contributed by atoms with Crippen LogP contribution < -0.4 is 5.32 Å². The zero-order chi connectivity index (χ0) is 22.0. The van der Waals surface area contributed by atoms with Gasteiger partial charge in [0.2, 0.25) is 5.91 Å². The SMILES string of the molecule is CC(C)C(C(=O)Nc1cccc(-c2cn3c(n2)CCCC3)c1)S(=O)(=O)C1CCCCC1. The summed E-state index contributed by atoms with van der Waals surface area (Å²) in [5, 5.41) is 1.46. The number of carbonyl (C=O) groups is 1. The summed E-state index contributed by atoms with van der Waals surface area (Å²) in [6.45, 7) is 4.63. The Balaban J connectivity index is 1.54. The Kier molecular flexibility index (Phi) is 6.51. The molecule has 2 heterocycles. The molecule has 0 radical (unpaired) electrons.